The Morgan fingerprint density at radius 3 is 2.41 bits per heavy atom. The number of hydrogen-bond acceptors (Lipinski definition) is 3. The molecule has 0 spiro atoms. The van der Waals surface area contributed by atoms with Crippen LogP contribution in [0.1, 0.15) is 20.8 Å². The van der Waals surface area contributed by atoms with Crippen molar-refractivity contribution in [2.45, 2.75) is 30.9 Å². The highest BCUT2D eigenvalue weighted by molar-refractivity contribution is 8.00. The van der Waals surface area contributed by atoms with Crippen LogP contribution in [0.15, 0.2) is 29.2 Å². The van der Waals surface area contributed by atoms with Crippen LogP contribution in [0.4, 0.5) is 5.69 Å². The van der Waals surface area contributed by atoms with Gasteiger partial charge in [0.25, 0.3) is 0 Å². The Balaban J connectivity index is 2.45. The fourth-order valence-corrected chi connectivity index (χ4v) is 2.14. The monoisotopic (exact) mass is 252 g/mol. The number of hydrogen-bond donors (Lipinski definition) is 2. The van der Waals surface area contributed by atoms with Crippen LogP contribution in [0.25, 0.3) is 0 Å². The van der Waals surface area contributed by atoms with E-state index in [1.54, 1.807) is 11.8 Å². The largest absolute Gasteiger partial charge is 0.399 e. The van der Waals surface area contributed by atoms with Crippen molar-refractivity contribution >= 4 is 23.4 Å². The minimum atomic E-state index is -0.0858. The van der Waals surface area contributed by atoms with Crippen LogP contribution < -0.4 is 11.1 Å². The molecule has 1 atom stereocenters. The molecule has 4 heteroatoms. The summed E-state index contributed by atoms with van der Waals surface area (Å²) in [5.41, 5.74) is 6.35. The minimum absolute atomic E-state index is 0.0838. The zero-order valence-electron chi connectivity index (χ0n) is 10.6. The molecule has 1 rings (SSSR count). The summed E-state index contributed by atoms with van der Waals surface area (Å²) in [6, 6.07) is 7.57. The molecule has 1 aromatic carbocycles. The van der Waals surface area contributed by atoms with Crippen LogP contribution in [0, 0.1) is 5.92 Å². The highest BCUT2D eigenvalue weighted by Gasteiger charge is 2.13. The van der Waals surface area contributed by atoms with Gasteiger partial charge >= 0.3 is 0 Å². The molecule has 3 N–H and O–H groups in total. The molecule has 0 aliphatic carbocycles. The van der Waals surface area contributed by atoms with Crippen LogP contribution in [0.3, 0.4) is 0 Å². The van der Waals surface area contributed by atoms with Crippen molar-refractivity contribution in [3.63, 3.8) is 0 Å². The van der Waals surface area contributed by atoms with Crippen molar-refractivity contribution in [3.8, 4) is 0 Å². The standard InChI is InChI=1S/C13H20N2OS/c1-9(2)8-15-13(16)10(3)17-12-6-4-11(14)5-7-12/h4-7,9-10H,8,14H2,1-3H3,(H,15,16). The summed E-state index contributed by atoms with van der Waals surface area (Å²) in [5, 5.41) is 2.84. The van der Waals surface area contributed by atoms with E-state index in [0.29, 0.717) is 5.92 Å². The van der Waals surface area contributed by atoms with E-state index < -0.39 is 0 Å². The zero-order chi connectivity index (χ0) is 12.8. The normalized spacial score (nSPS) is 12.5. The molecule has 17 heavy (non-hydrogen) atoms. The van der Waals surface area contributed by atoms with Crippen LogP contribution in [-0.2, 0) is 4.79 Å². The van der Waals surface area contributed by atoms with E-state index in [-0.39, 0.29) is 11.2 Å². The number of anilines is 1. The first-order valence-electron chi connectivity index (χ1n) is 5.79. The van der Waals surface area contributed by atoms with Gasteiger partial charge in [-0.3, -0.25) is 4.79 Å². The smallest absolute Gasteiger partial charge is 0.233 e. The van der Waals surface area contributed by atoms with Crippen molar-refractivity contribution in [1.29, 1.82) is 0 Å². The summed E-state index contributed by atoms with van der Waals surface area (Å²) < 4.78 is 0. The molecular formula is C13H20N2OS. The highest BCUT2D eigenvalue weighted by atomic mass is 32.2. The number of carbonyl (C=O) groups excluding carboxylic acids is 1. The molecule has 1 amide bonds. The average molecular weight is 252 g/mol. The first-order chi connectivity index (χ1) is 7.99. The molecule has 0 radical (unpaired) electrons. The quantitative estimate of drug-likeness (QED) is 0.625. The van der Waals surface area contributed by atoms with Crippen molar-refractivity contribution in [1.82, 2.24) is 5.32 Å². The van der Waals surface area contributed by atoms with Gasteiger partial charge in [0, 0.05) is 17.1 Å². The molecule has 0 saturated carbocycles. The fourth-order valence-electron chi connectivity index (χ4n) is 1.25. The van der Waals surface area contributed by atoms with E-state index >= 15 is 0 Å². The van der Waals surface area contributed by atoms with Gasteiger partial charge in [-0.1, -0.05) is 13.8 Å². The molecule has 0 aromatic heterocycles. The average Bonchev–Trinajstić information content (AvgIpc) is 2.28. The second-order valence-electron chi connectivity index (χ2n) is 4.47. The maximum absolute atomic E-state index is 11.8. The van der Waals surface area contributed by atoms with E-state index in [4.69, 9.17) is 5.73 Å². The Kier molecular flexibility index (Phi) is 5.35. The molecular weight excluding hydrogens is 232 g/mol. The highest BCUT2D eigenvalue weighted by Crippen LogP contribution is 2.23. The Labute approximate surface area is 107 Å². The third-order valence-corrected chi connectivity index (χ3v) is 3.36. The topological polar surface area (TPSA) is 55.1 Å². The Morgan fingerprint density at radius 1 is 1.29 bits per heavy atom. The van der Waals surface area contributed by atoms with Gasteiger partial charge in [0.2, 0.25) is 5.91 Å². The molecule has 0 aliphatic heterocycles. The predicted molar refractivity (Wildman–Crippen MR) is 74.0 cm³/mol. The van der Waals surface area contributed by atoms with Crippen molar-refractivity contribution in [2.24, 2.45) is 5.92 Å². The Bertz CT molecular complexity index is 362. The van der Waals surface area contributed by atoms with Crippen LogP contribution in [0.5, 0.6) is 0 Å². The first kappa shape index (κ1) is 13.9. The lowest BCUT2D eigenvalue weighted by Crippen LogP contribution is -2.33. The second kappa shape index (κ2) is 6.55. The number of rotatable bonds is 5. The molecule has 0 bridgehead atoms. The maximum atomic E-state index is 11.8. The molecule has 0 saturated heterocycles. The lowest BCUT2D eigenvalue weighted by Gasteiger charge is -2.13. The van der Waals surface area contributed by atoms with E-state index in [0.717, 1.165) is 17.1 Å². The molecule has 1 unspecified atom stereocenters. The fraction of sp³-hybridized carbons (Fsp3) is 0.462. The summed E-state index contributed by atoms with van der Waals surface area (Å²) in [4.78, 5) is 12.8. The number of nitrogens with one attached hydrogen (secondary N) is 1. The number of nitrogens with two attached hydrogens (primary N) is 1. The van der Waals surface area contributed by atoms with Crippen LogP contribution in [0.2, 0.25) is 0 Å². The van der Waals surface area contributed by atoms with E-state index in [2.05, 4.69) is 19.2 Å². The molecule has 0 fully saturated rings. The molecule has 0 heterocycles. The van der Waals surface area contributed by atoms with Gasteiger partial charge in [0.05, 0.1) is 5.25 Å². The summed E-state index contributed by atoms with van der Waals surface area (Å²) >= 11 is 1.54. The zero-order valence-corrected chi connectivity index (χ0v) is 11.4. The number of amides is 1. The summed E-state index contributed by atoms with van der Waals surface area (Å²) in [5.74, 6) is 0.563. The summed E-state index contributed by atoms with van der Waals surface area (Å²) in [6.45, 7) is 6.80. The maximum Gasteiger partial charge on any atom is 0.233 e. The predicted octanol–water partition coefficient (Wildman–Crippen LogP) is 2.52. The van der Waals surface area contributed by atoms with Crippen LogP contribution in [-0.4, -0.2) is 17.7 Å². The number of benzene rings is 1. The molecule has 94 valence electrons. The third kappa shape index (κ3) is 5.13. The summed E-state index contributed by atoms with van der Waals surface area (Å²) in [7, 11) is 0. The van der Waals surface area contributed by atoms with Gasteiger partial charge in [-0.15, -0.1) is 11.8 Å². The van der Waals surface area contributed by atoms with Gasteiger partial charge < -0.3 is 11.1 Å². The number of nitrogen functional groups attached to an aromatic ring is 1. The third-order valence-electron chi connectivity index (χ3n) is 2.25. The number of carbonyl (C=O) groups is 1. The van der Waals surface area contributed by atoms with E-state index in [1.165, 1.54) is 0 Å². The van der Waals surface area contributed by atoms with E-state index in [9.17, 15) is 4.79 Å². The van der Waals surface area contributed by atoms with Gasteiger partial charge in [0.15, 0.2) is 0 Å². The second-order valence-corrected chi connectivity index (χ2v) is 5.88. The molecule has 0 aliphatic rings. The van der Waals surface area contributed by atoms with Crippen LogP contribution >= 0.6 is 11.8 Å². The minimum Gasteiger partial charge on any atom is -0.399 e. The van der Waals surface area contributed by atoms with Gasteiger partial charge in [-0.25, -0.2) is 0 Å². The van der Waals surface area contributed by atoms with Crippen molar-refractivity contribution in [3.05, 3.63) is 24.3 Å². The molecule has 1 aromatic rings. The molecule has 3 nitrogen and oxygen atoms in total. The Hall–Kier alpha value is -1.16. The van der Waals surface area contributed by atoms with Gasteiger partial charge in [-0.2, -0.15) is 0 Å². The first-order valence-corrected chi connectivity index (χ1v) is 6.67. The summed E-state index contributed by atoms with van der Waals surface area (Å²) in [6.07, 6.45) is 0. The SMILES string of the molecule is CC(C)CNC(=O)C(C)Sc1ccc(N)cc1. The van der Waals surface area contributed by atoms with Gasteiger partial charge in [-0.05, 0) is 37.1 Å². The number of thioether (sulfide) groups is 1. The lowest BCUT2D eigenvalue weighted by molar-refractivity contribution is -0.120. The van der Waals surface area contributed by atoms with Gasteiger partial charge in [0.1, 0.15) is 0 Å². The lowest BCUT2D eigenvalue weighted by atomic mass is 10.2. The van der Waals surface area contributed by atoms with E-state index in [1.807, 2.05) is 31.2 Å². The Morgan fingerprint density at radius 2 is 1.88 bits per heavy atom. The van der Waals surface area contributed by atoms with Crippen molar-refractivity contribution in [2.75, 3.05) is 12.3 Å². The van der Waals surface area contributed by atoms with Crippen molar-refractivity contribution < 1.29 is 4.79 Å².